The van der Waals surface area contributed by atoms with Crippen LogP contribution in [0.4, 0.5) is 0 Å². The summed E-state index contributed by atoms with van der Waals surface area (Å²) in [5, 5.41) is 6.97. The van der Waals surface area contributed by atoms with Gasteiger partial charge >= 0.3 is 5.69 Å². The summed E-state index contributed by atoms with van der Waals surface area (Å²) in [4.78, 5) is 18.5. The fourth-order valence-corrected chi connectivity index (χ4v) is 2.03. The van der Waals surface area contributed by atoms with Gasteiger partial charge in [-0.2, -0.15) is 5.10 Å². The largest absolute Gasteiger partial charge is 0.340 e. The van der Waals surface area contributed by atoms with Gasteiger partial charge in [-0.1, -0.05) is 0 Å². The first-order valence-electron chi connectivity index (χ1n) is 4.02. The Morgan fingerprint density at radius 3 is 2.86 bits per heavy atom. The van der Waals surface area contributed by atoms with Gasteiger partial charge in [-0.25, -0.2) is 14.9 Å². The molecule has 2 heterocycles. The van der Waals surface area contributed by atoms with E-state index < -0.39 is 0 Å². The van der Waals surface area contributed by atoms with Crippen molar-refractivity contribution in [3.63, 3.8) is 0 Å². The van der Waals surface area contributed by atoms with Gasteiger partial charge in [-0.15, -0.1) is 11.3 Å². The van der Waals surface area contributed by atoms with E-state index in [0.29, 0.717) is 12.4 Å². The van der Waals surface area contributed by atoms with Crippen molar-refractivity contribution in [2.75, 3.05) is 0 Å². The summed E-state index contributed by atoms with van der Waals surface area (Å²) in [7, 11) is 0. The van der Waals surface area contributed by atoms with E-state index in [9.17, 15) is 4.79 Å². The highest BCUT2D eigenvalue weighted by Gasteiger charge is 2.11. The predicted octanol–water partition coefficient (Wildman–Crippen LogP) is -0.0114. The first-order chi connectivity index (χ1) is 6.70. The molecule has 0 saturated carbocycles. The molecule has 0 aliphatic rings. The normalized spacial score (nSPS) is 10.7. The molecule has 2 aromatic heterocycles. The number of hydrogen-bond acceptors (Lipinski definition) is 5. The molecule has 0 unspecified atom stereocenters. The standard InChI is InChI=1S/C7H9N5OS/c1-3-5(14-4(2-8)9-3)6-10-7(13)12-11-6/h2,8H2,1H3,(H2,10,11,12,13). The van der Waals surface area contributed by atoms with Gasteiger partial charge in [0.1, 0.15) is 5.01 Å². The van der Waals surface area contributed by atoms with E-state index in [1.54, 1.807) is 0 Å². The summed E-state index contributed by atoms with van der Waals surface area (Å²) >= 11 is 1.44. The van der Waals surface area contributed by atoms with E-state index in [1.165, 1.54) is 11.3 Å². The van der Waals surface area contributed by atoms with Gasteiger partial charge in [-0.3, -0.25) is 4.98 Å². The highest BCUT2D eigenvalue weighted by Crippen LogP contribution is 2.25. The van der Waals surface area contributed by atoms with Crippen LogP contribution in [0, 0.1) is 6.92 Å². The van der Waals surface area contributed by atoms with Crippen molar-refractivity contribution in [2.45, 2.75) is 13.5 Å². The molecule has 0 fully saturated rings. The number of nitrogens with zero attached hydrogens (tertiary/aromatic N) is 2. The molecular weight excluding hydrogens is 202 g/mol. The Bertz CT molecular complexity index is 496. The van der Waals surface area contributed by atoms with Crippen molar-refractivity contribution in [3.05, 3.63) is 21.2 Å². The summed E-state index contributed by atoms with van der Waals surface area (Å²) in [6.07, 6.45) is 0. The quantitative estimate of drug-likeness (QED) is 0.650. The monoisotopic (exact) mass is 211 g/mol. The van der Waals surface area contributed by atoms with Gasteiger partial charge in [0.15, 0.2) is 5.82 Å². The van der Waals surface area contributed by atoms with Crippen molar-refractivity contribution in [1.29, 1.82) is 0 Å². The number of thiazole rings is 1. The average molecular weight is 211 g/mol. The molecule has 2 aromatic rings. The van der Waals surface area contributed by atoms with E-state index >= 15 is 0 Å². The lowest BCUT2D eigenvalue weighted by atomic mass is 10.4. The van der Waals surface area contributed by atoms with Crippen LogP contribution in [-0.4, -0.2) is 20.2 Å². The van der Waals surface area contributed by atoms with E-state index in [4.69, 9.17) is 5.73 Å². The number of aromatic nitrogens is 4. The summed E-state index contributed by atoms with van der Waals surface area (Å²) in [6, 6.07) is 0. The molecule has 0 radical (unpaired) electrons. The third-order valence-corrected chi connectivity index (χ3v) is 2.92. The summed E-state index contributed by atoms with van der Waals surface area (Å²) in [5.41, 5.74) is 5.98. The molecule has 0 atom stereocenters. The van der Waals surface area contributed by atoms with E-state index in [-0.39, 0.29) is 5.69 Å². The highest BCUT2D eigenvalue weighted by atomic mass is 32.1. The minimum absolute atomic E-state index is 0.318. The maximum absolute atomic E-state index is 10.8. The number of rotatable bonds is 2. The van der Waals surface area contributed by atoms with Crippen LogP contribution in [0.5, 0.6) is 0 Å². The van der Waals surface area contributed by atoms with Crippen LogP contribution in [-0.2, 0) is 6.54 Å². The summed E-state index contributed by atoms with van der Waals surface area (Å²) in [6.45, 7) is 2.26. The van der Waals surface area contributed by atoms with Crippen LogP contribution in [0.3, 0.4) is 0 Å². The smallest absolute Gasteiger partial charge is 0.325 e. The number of hydrogen-bond donors (Lipinski definition) is 3. The zero-order valence-electron chi connectivity index (χ0n) is 7.50. The first kappa shape index (κ1) is 9.10. The fourth-order valence-electron chi connectivity index (χ4n) is 1.14. The van der Waals surface area contributed by atoms with Gasteiger partial charge in [0, 0.05) is 6.54 Å². The van der Waals surface area contributed by atoms with Crippen molar-refractivity contribution >= 4 is 11.3 Å². The van der Waals surface area contributed by atoms with Crippen LogP contribution in [0.2, 0.25) is 0 Å². The lowest BCUT2D eigenvalue weighted by molar-refractivity contribution is 1.02. The Kier molecular flexibility index (Phi) is 2.18. The Hall–Kier alpha value is -1.47. The predicted molar refractivity (Wildman–Crippen MR) is 52.9 cm³/mol. The fraction of sp³-hybridized carbons (Fsp3) is 0.286. The highest BCUT2D eigenvalue weighted by molar-refractivity contribution is 7.15. The van der Waals surface area contributed by atoms with Gasteiger partial charge in [0.25, 0.3) is 0 Å². The number of H-pyrrole nitrogens is 2. The molecular formula is C7H9N5OS. The Balaban J connectivity index is 2.50. The molecule has 4 N–H and O–H groups in total. The lowest BCUT2D eigenvalue weighted by Gasteiger charge is -1.88. The van der Waals surface area contributed by atoms with Crippen LogP contribution in [0.1, 0.15) is 10.7 Å². The van der Waals surface area contributed by atoms with E-state index in [2.05, 4.69) is 20.2 Å². The third kappa shape index (κ3) is 1.47. The zero-order valence-corrected chi connectivity index (χ0v) is 8.31. The second kappa shape index (κ2) is 3.35. The minimum Gasteiger partial charge on any atom is -0.325 e. The van der Waals surface area contributed by atoms with Crippen molar-refractivity contribution < 1.29 is 0 Å². The summed E-state index contributed by atoms with van der Waals surface area (Å²) < 4.78 is 0. The topological polar surface area (TPSA) is 100 Å². The molecule has 14 heavy (non-hydrogen) atoms. The molecule has 0 spiro atoms. The Labute approximate surface area is 83.2 Å². The zero-order chi connectivity index (χ0) is 10.1. The number of nitrogens with two attached hydrogens (primary N) is 1. The van der Waals surface area contributed by atoms with Crippen LogP contribution in [0.25, 0.3) is 10.7 Å². The molecule has 0 aliphatic carbocycles. The average Bonchev–Trinajstić information content (AvgIpc) is 2.71. The van der Waals surface area contributed by atoms with Crippen LogP contribution in [0.15, 0.2) is 4.79 Å². The molecule has 0 aliphatic heterocycles. The second-order valence-electron chi connectivity index (χ2n) is 2.75. The van der Waals surface area contributed by atoms with Gasteiger partial charge in [0.2, 0.25) is 0 Å². The van der Waals surface area contributed by atoms with E-state index in [1.807, 2.05) is 6.92 Å². The number of nitrogens with one attached hydrogen (secondary N) is 2. The summed E-state index contributed by atoms with van der Waals surface area (Å²) in [5.74, 6) is 0.518. The molecule has 7 heteroatoms. The molecule has 0 amide bonds. The van der Waals surface area contributed by atoms with Gasteiger partial charge in [-0.05, 0) is 6.92 Å². The maximum atomic E-state index is 10.8. The number of aromatic amines is 2. The van der Waals surface area contributed by atoms with Crippen molar-refractivity contribution in [1.82, 2.24) is 20.2 Å². The molecule has 0 saturated heterocycles. The Morgan fingerprint density at radius 2 is 2.36 bits per heavy atom. The first-order valence-corrected chi connectivity index (χ1v) is 4.84. The van der Waals surface area contributed by atoms with Crippen molar-refractivity contribution in [2.24, 2.45) is 5.73 Å². The molecule has 2 rings (SSSR count). The van der Waals surface area contributed by atoms with E-state index in [0.717, 1.165) is 15.6 Å². The molecule has 0 aromatic carbocycles. The number of aryl methyl sites for hydroxylation is 1. The molecule has 74 valence electrons. The van der Waals surface area contributed by atoms with Gasteiger partial charge < -0.3 is 5.73 Å². The lowest BCUT2D eigenvalue weighted by Crippen LogP contribution is -2.00. The van der Waals surface area contributed by atoms with Crippen LogP contribution >= 0.6 is 11.3 Å². The molecule has 6 nitrogen and oxygen atoms in total. The SMILES string of the molecule is Cc1nc(CN)sc1-c1n[nH]c(=O)[nH]1. The molecule has 0 bridgehead atoms. The van der Waals surface area contributed by atoms with Gasteiger partial charge in [0.05, 0.1) is 10.6 Å². The maximum Gasteiger partial charge on any atom is 0.340 e. The second-order valence-corrected chi connectivity index (χ2v) is 3.84. The third-order valence-electron chi connectivity index (χ3n) is 1.73. The van der Waals surface area contributed by atoms with Crippen LogP contribution < -0.4 is 11.4 Å². The minimum atomic E-state index is -0.318. The Morgan fingerprint density at radius 1 is 1.57 bits per heavy atom. The van der Waals surface area contributed by atoms with Crippen molar-refractivity contribution in [3.8, 4) is 10.7 Å².